The lowest BCUT2D eigenvalue weighted by atomic mass is 9.99. The maximum absolute atomic E-state index is 13.2. The van der Waals surface area contributed by atoms with Crippen molar-refractivity contribution >= 4 is 27.3 Å². The number of amides is 1. The van der Waals surface area contributed by atoms with Crippen LogP contribution in [0.1, 0.15) is 61.2 Å². The molecule has 2 N–H and O–H groups in total. The summed E-state index contributed by atoms with van der Waals surface area (Å²) in [5.41, 5.74) is 0.499. The van der Waals surface area contributed by atoms with Crippen molar-refractivity contribution in [3.05, 3.63) is 46.8 Å². The van der Waals surface area contributed by atoms with Gasteiger partial charge in [0.1, 0.15) is 9.96 Å². The highest BCUT2D eigenvalue weighted by Gasteiger charge is 2.33. The third kappa shape index (κ3) is 7.04. The third-order valence-corrected chi connectivity index (χ3v) is 9.79. The number of hydrogen-bond acceptors (Lipinski definition) is 6. The highest BCUT2D eigenvalue weighted by molar-refractivity contribution is 7.91. The average Bonchev–Trinajstić information content (AvgIpc) is 3.53. The van der Waals surface area contributed by atoms with E-state index in [1.54, 1.807) is 47.8 Å². The normalized spacial score (nSPS) is 17.6. The fourth-order valence-electron chi connectivity index (χ4n) is 4.14. The maximum Gasteiger partial charge on any atom is 0.252 e. The number of nitrogens with one attached hydrogen (secondary N) is 2. The maximum atomic E-state index is 13.2. The largest absolute Gasteiger partial charge is 0.497 e. The van der Waals surface area contributed by atoms with Crippen molar-refractivity contribution in [1.29, 1.82) is 0 Å². The van der Waals surface area contributed by atoms with E-state index in [9.17, 15) is 13.2 Å². The molecule has 0 aliphatic carbocycles. The van der Waals surface area contributed by atoms with Gasteiger partial charge in [-0.1, -0.05) is 39.2 Å². The molecule has 1 aliphatic rings. The van der Waals surface area contributed by atoms with E-state index < -0.39 is 10.0 Å². The fraction of sp³-hybridized carbons (Fsp3) is 0.560. The standard InChI is InChI=1S/C25H37N3O4S2/c1-4-6-8-19(5-2)16-26-21-13-14-28(18-21)34(30,31)24-12-11-23(33-24)17-27-25(29)20-9-7-10-22(15-20)32-3/h7,9-12,15,19,21,26H,4-6,8,13-14,16-18H2,1-3H3,(H,27,29). The van der Waals surface area contributed by atoms with E-state index in [1.807, 2.05) is 0 Å². The van der Waals surface area contributed by atoms with Crippen molar-refractivity contribution in [2.24, 2.45) is 5.92 Å². The monoisotopic (exact) mass is 507 g/mol. The quantitative estimate of drug-likeness (QED) is 0.423. The van der Waals surface area contributed by atoms with Crippen LogP contribution in [-0.4, -0.2) is 51.4 Å². The third-order valence-electron chi connectivity index (χ3n) is 6.38. The minimum atomic E-state index is -3.53. The molecular weight excluding hydrogens is 470 g/mol. The van der Waals surface area contributed by atoms with Crippen LogP contribution in [0, 0.1) is 5.92 Å². The summed E-state index contributed by atoms with van der Waals surface area (Å²) in [7, 11) is -1.97. The number of benzene rings is 1. The zero-order valence-electron chi connectivity index (χ0n) is 20.4. The Labute approximate surface area is 207 Å². The summed E-state index contributed by atoms with van der Waals surface area (Å²) in [5, 5.41) is 6.45. The number of hydrogen-bond donors (Lipinski definition) is 2. The second-order valence-corrected chi connectivity index (χ2v) is 12.1. The Morgan fingerprint density at radius 1 is 1.26 bits per heavy atom. The molecule has 7 nitrogen and oxygen atoms in total. The van der Waals surface area contributed by atoms with Gasteiger partial charge in [-0.2, -0.15) is 4.31 Å². The lowest BCUT2D eigenvalue weighted by Crippen LogP contribution is -2.37. The summed E-state index contributed by atoms with van der Waals surface area (Å²) in [6.07, 6.45) is 5.65. The summed E-state index contributed by atoms with van der Waals surface area (Å²) in [6.45, 7) is 6.70. The van der Waals surface area contributed by atoms with E-state index in [0.29, 0.717) is 34.5 Å². The second-order valence-electron chi connectivity index (χ2n) is 8.81. The summed E-state index contributed by atoms with van der Waals surface area (Å²) >= 11 is 1.21. The van der Waals surface area contributed by atoms with E-state index >= 15 is 0 Å². The molecule has 2 aromatic rings. The molecular formula is C25H37N3O4S2. The van der Waals surface area contributed by atoms with Crippen LogP contribution in [-0.2, 0) is 16.6 Å². The summed E-state index contributed by atoms with van der Waals surface area (Å²) in [5.74, 6) is 1.04. The molecule has 34 heavy (non-hydrogen) atoms. The molecule has 2 heterocycles. The summed E-state index contributed by atoms with van der Waals surface area (Å²) in [6, 6.07) is 10.5. The average molecular weight is 508 g/mol. The van der Waals surface area contributed by atoms with E-state index in [4.69, 9.17) is 4.74 Å². The van der Waals surface area contributed by atoms with E-state index in [1.165, 1.54) is 30.6 Å². The van der Waals surface area contributed by atoms with Crippen LogP contribution in [0.3, 0.4) is 0 Å². The fourth-order valence-corrected chi connectivity index (χ4v) is 7.09. The van der Waals surface area contributed by atoms with Gasteiger partial charge in [-0.05, 0) is 55.6 Å². The number of carbonyl (C=O) groups excluding carboxylic acids is 1. The number of nitrogens with zero attached hydrogens (tertiary/aromatic N) is 1. The lowest BCUT2D eigenvalue weighted by Gasteiger charge is -2.20. The van der Waals surface area contributed by atoms with Crippen LogP contribution in [0.25, 0.3) is 0 Å². The Balaban J connectivity index is 1.52. The van der Waals surface area contributed by atoms with Crippen LogP contribution in [0.15, 0.2) is 40.6 Å². The number of sulfonamides is 1. The smallest absolute Gasteiger partial charge is 0.252 e. The van der Waals surface area contributed by atoms with Gasteiger partial charge in [0, 0.05) is 29.6 Å². The molecule has 9 heteroatoms. The van der Waals surface area contributed by atoms with Crippen LogP contribution >= 0.6 is 11.3 Å². The van der Waals surface area contributed by atoms with Crippen molar-refractivity contribution in [3.8, 4) is 5.75 Å². The van der Waals surface area contributed by atoms with Gasteiger partial charge in [0.15, 0.2) is 0 Å². The lowest BCUT2D eigenvalue weighted by molar-refractivity contribution is 0.0951. The molecule has 0 radical (unpaired) electrons. The molecule has 2 atom stereocenters. The number of rotatable bonds is 13. The molecule has 0 spiro atoms. The highest BCUT2D eigenvalue weighted by atomic mass is 32.2. The van der Waals surface area contributed by atoms with Crippen LogP contribution in [0.5, 0.6) is 5.75 Å². The van der Waals surface area contributed by atoms with E-state index in [2.05, 4.69) is 24.5 Å². The van der Waals surface area contributed by atoms with Gasteiger partial charge in [-0.3, -0.25) is 4.79 Å². The molecule has 1 aromatic heterocycles. The van der Waals surface area contributed by atoms with Gasteiger partial charge < -0.3 is 15.4 Å². The molecule has 2 unspecified atom stereocenters. The molecule has 188 valence electrons. The molecule has 1 fully saturated rings. The Morgan fingerprint density at radius 2 is 2.09 bits per heavy atom. The van der Waals surface area contributed by atoms with Crippen molar-refractivity contribution in [2.45, 2.75) is 62.7 Å². The SMILES string of the molecule is CCCCC(CC)CNC1CCN(S(=O)(=O)c2ccc(CNC(=O)c3cccc(OC)c3)s2)C1. The Kier molecular flexibility index (Phi) is 9.94. The minimum Gasteiger partial charge on any atom is -0.497 e. The van der Waals surface area contributed by atoms with Crippen molar-refractivity contribution in [1.82, 2.24) is 14.9 Å². The van der Waals surface area contributed by atoms with E-state index in [0.717, 1.165) is 24.3 Å². The zero-order valence-corrected chi connectivity index (χ0v) is 22.0. The molecule has 0 bridgehead atoms. The first-order valence-corrected chi connectivity index (χ1v) is 14.4. The second kappa shape index (κ2) is 12.7. The predicted octanol–water partition coefficient (Wildman–Crippen LogP) is 4.26. The molecule has 0 saturated carbocycles. The molecule has 1 amide bonds. The van der Waals surface area contributed by atoms with Gasteiger partial charge >= 0.3 is 0 Å². The van der Waals surface area contributed by atoms with Crippen LogP contribution < -0.4 is 15.4 Å². The number of unbranched alkanes of at least 4 members (excludes halogenated alkanes) is 1. The van der Waals surface area contributed by atoms with Gasteiger partial charge in [-0.25, -0.2) is 8.42 Å². The predicted molar refractivity (Wildman–Crippen MR) is 137 cm³/mol. The van der Waals surface area contributed by atoms with Crippen molar-refractivity contribution in [3.63, 3.8) is 0 Å². The Hall–Kier alpha value is -1.94. The van der Waals surface area contributed by atoms with Crippen molar-refractivity contribution in [2.75, 3.05) is 26.7 Å². The van der Waals surface area contributed by atoms with Gasteiger partial charge in [0.25, 0.3) is 15.9 Å². The number of thiophene rings is 1. The molecule has 1 saturated heterocycles. The molecule has 1 aromatic carbocycles. The molecule has 1 aliphatic heterocycles. The first kappa shape index (κ1) is 26.7. The zero-order chi connectivity index (χ0) is 24.6. The number of methoxy groups -OCH3 is 1. The van der Waals surface area contributed by atoms with Crippen molar-refractivity contribution < 1.29 is 17.9 Å². The van der Waals surface area contributed by atoms with Crippen LogP contribution in [0.4, 0.5) is 0 Å². The van der Waals surface area contributed by atoms with E-state index in [-0.39, 0.29) is 18.5 Å². The highest BCUT2D eigenvalue weighted by Crippen LogP contribution is 2.28. The minimum absolute atomic E-state index is 0.201. The Bertz CT molecular complexity index is 1040. The number of carbonyl (C=O) groups is 1. The molecule has 3 rings (SSSR count). The van der Waals surface area contributed by atoms with Crippen LogP contribution in [0.2, 0.25) is 0 Å². The van der Waals surface area contributed by atoms with Gasteiger partial charge in [0.05, 0.1) is 13.7 Å². The van der Waals surface area contributed by atoms with Gasteiger partial charge in [0.2, 0.25) is 0 Å². The van der Waals surface area contributed by atoms with Gasteiger partial charge in [-0.15, -0.1) is 11.3 Å². The topological polar surface area (TPSA) is 87.7 Å². The number of ether oxygens (including phenoxy) is 1. The first-order chi connectivity index (χ1) is 16.4. The Morgan fingerprint density at radius 3 is 2.82 bits per heavy atom. The summed E-state index contributed by atoms with van der Waals surface area (Å²) < 4.78 is 33.4. The summed E-state index contributed by atoms with van der Waals surface area (Å²) in [4.78, 5) is 13.2. The first-order valence-electron chi connectivity index (χ1n) is 12.1.